The third-order valence-electron chi connectivity index (χ3n) is 7.10. The highest BCUT2D eigenvalue weighted by molar-refractivity contribution is 8.00. The van der Waals surface area contributed by atoms with Gasteiger partial charge in [-0.15, -0.1) is 0 Å². The molecule has 4 aromatic carbocycles. The van der Waals surface area contributed by atoms with Gasteiger partial charge in [-0.2, -0.15) is 0 Å². The van der Waals surface area contributed by atoms with Crippen LogP contribution in [0.15, 0.2) is 64.5 Å². The molecule has 34 heavy (non-hydrogen) atoms. The lowest BCUT2D eigenvalue weighted by Crippen LogP contribution is -2.32. The fourth-order valence-electron chi connectivity index (χ4n) is 5.63. The van der Waals surface area contributed by atoms with Crippen LogP contribution in [-0.2, 0) is 13.5 Å². The summed E-state index contributed by atoms with van der Waals surface area (Å²) < 4.78 is 16.5. The summed E-state index contributed by atoms with van der Waals surface area (Å²) in [5, 5.41) is 7.13. The number of hydrogen-bond acceptors (Lipinski definition) is 1. The molecule has 1 aliphatic heterocycles. The molecule has 0 fully saturated rings. The zero-order valence-electron chi connectivity index (χ0n) is 20.6. The summed E-state index contributed by atoms with van der Waals surface area (Å²) >= 11 is 1.90. The highest BCUT2D eigenvalue weighted by Crippen LogP contribution is 2.53. The van der Waals surface area contributed by atoms with Gasteiger partial charge >= 0.3 is 0 Å². The molecular formula is C31H29FNS+. The predicted octanol–water partition coefficient (Wildman–Crippen LogP) is 8.45. The maximum absolute atomic E-state index is 14.3. The fourth-order valence-corrected chi connectivity index (χ4v) is 7.00. The number of nitrogens with zero attached hydrogens (tertiary/aromatic N) is 1. The molecule has 0 spiro atoms. The van der Waals surface area contributed by atoms with E-state index in [4.69, 9.17) is 0 Å². The summed E-state index contributed by atoms with van der Waals surface area (Å²) in [4.78, 5) is 2.63. The van der Waals surface area contributed by atoms with Crippen LogP contribution >= 0.6 is 11.8 Å². The maximum Gasteiger partial charge on any atom is 0.222 e. The largest absolute Gasteiger partial charge is 0.222 e. The van der Waals surface area contributed by atoms with Crippen LogP contribution in [0.1, 0.15) is 37.5 Å². The molecule has 2 heterocycles. The number of aromatic nitrogens is 1. The molecule has 1 aromatic heterocycles. The average Bonchev–Trinajstić information content (AvgIpc) is 2.77. The zero-order valence-corrected chi connectivity index (χ0v) is 21.5. The zero-order chi connectivity index (χ0) is 23.9. The number of fused-ring (bicyclic) bond motifs is 5. The minimum Gasteiger partial charge on any atom is -0.207 e. The van der Waals surface area contributed by atoms with Gasteiger partial charge in [0, 0.05) is 21.2 Å². The molecule has 0 saturated carbocycles. The maximum atomic E-state index is 14.3. The first kappa shape index (κ1) is 21.6. The van der Waals surface area contributed by atoms with E-state index in [2.05, 4.69) is 82.8 Å². The van der Waals surface area contributed by atoms with Crippen LogP contribution in [0, 0.1) is 25.1 Å². The third kappa shape index (κ3) is 3.17. The van der Waals surface area contributed by atoms with Crippen LogP contribution in [0.2, 0.25) is 0 Å². The first-order chi connectivity index (χ1) is 16.1. The van der Waals surface area contributed by atoms with Gasteiger partial charge in [0.1, 0.15) is 12.9 Å². The highest BCUT2D eigenvalue weighted by atomic mass is 32.2. The Labute approximate surface area is 204 Å². The second kappa shape index (κ2) is 7.29. The number of pyridine rings is 1. The van der Waals surface area contributed by atoms with Gasteiger partial charge in [0.15, 0.2) is 6.20 Å². The molecule has 0 saturated heterocycles. The number of hydrogen-bond donors (Lipinski definition) is 0. The Morgan fingerprint density at radius 1 is 0.882 bits per heavy atom. The molecule has 0 aliphatic carbocycles. The van der Waals surface area contributed by atoms with Crippen molar-refractivity contribution in [2.45, 2.75) is 50.8 Å². The first-order valence-corrected chi connectivity index (χ1v) is 12.7. The van der Waals surface area contributed by atoms with Crippen molar-refractivity contribution in [2.75, 3.05) is 0 Å². The van der Waals surface area contributed by atoms with E-state index in [1.807, 2.05) is 17.8 Å². The van der Waals surface area contributed by atoms with Crippen molar-refractivity contribution >= 4 is 44.1 Å². The molecule has 1 nitrogen and oxygen atoms in total. The van der Waals surface area contributed by atoms with E-state index in [1.54, 1.807) is 12.1 Å². The SMILES string of the molecule is Cc1ccc2c(CC(C)(C)C)c3c(c(C)c2c1)-c1c2c(cc4ccc(F)cc4c2cc[n+]1C)S3. The lowest BCUT2D eigenvalue weighted by Gasteiger charge is -2.28. The van der Waals surface area contributed by atoms with Gasteiger partial charge in [-0.1, -0.05) is 62.4 Å². The molecule has 170 valence electrons. The van der Waals surface area contributed by atoms with Gasteiger partial charge in [-0.3, -0.25) is 0 Å². The smallest absolute Gasteiger partial charge is 0.207 e. The quantitative estimate of drug-likeness (QED) is 0.174. The summed E-state index contributed by atoms with van der Waals surface area (Å²) in [5.74, 6) is -0.188. The molecule has 0 bridgehead atoms. The fraction of sp³-hybridized carbons (Fsp3) is 0.258. The topological polar surface area (TPSA) is 3.88 Å². The first-order valence-electron chi connectivity index (χ1n) is 11.9. The monoisotopic (exact) mass is 466 g/mol. The van der Waals surface area contributed by atoms with Crippen LogP contribution in [0.5, 0.6) is 0 Å². The van der Waals surface area contributed by atoms with Crippen molar-refractivity contribution < 1.29 is 8.96 Å². The Hall–Kier alpha value is -2.91. The Bertz CT molecular complexity index is 1670. The number of aryl methyl sites for hydroxylation is 3. The van der Waals surface area contributed by atoms with Gasteiger partial charge in [-0.05, 0) is 76.6 Å². The van der Waals surface area contributed by atoms with Gasteiger partial charge in [-0.25, -0.2) is 8.96 Å². The summed E-state index contributed by atoms with van der Waals surface area (Å²) in [5.41, 5.74) is 6.78. The summed E-state index contributed by atoms with van der Waals surface area (Å²) in [6, 6.07) is 16.5. The Balaban J connectivity index is 1.82. The van der Waals surface area contributed by atoms with Crippen molar-refractivity contribution in [1.82, 2.24) is 0 Å². The Morgan fingerprint density at radius 3 is 2.44 bits per heavy atom. The minimum atomic E-state index is -0.188. The van der Waals surface area contributed by atoms with E-state index in [0.717, 1.165) is 22.6 Å². The second-order valence-corrected chi connectivity index (χ2v) is 12.1. The van der Waals surface area contributed by atoms with Crippen LogP contribution in [0.25, 0.3) is 43.6 Å². The summed E-state index contributed by atoms with van der Waals surface area (Å²) in [6.45, 7) is 11.4. The van der Waals surface area contributed by atoms with E-state index in [1.165, 1.54) is 53.9 Å². The van der Waals surface area contributed by atoms with Gasteiger partial charge in [0.05, 0.1) is 10.9 Å². The Kier molecular flexibility index (Phi) is 4.64. The summed E-state index contributed by atoms with van der Waals surface area (Å²) in [7, 11) is 2.14. The number of halogens is 1. The van der Waals surface area contributed by atoms with Gasteiger partial charge in [0.25, 0.3) is 0 Å². The molecule has 5 aromatic rings. The van der Waals surface area contributed by atoms with Crippen LogP contribution < -0.4 is 4.57 Å². The van der Waals surface area contributed by atoms with Crippen LogP contribution in [0.3, 0.4) is 0 Å². The average molecular weight is 467 g/mol. The minimum absolute atomic E-state index is 0.163. The molecule has 0 amide bonds. The van der Waals surface area contributed by atoms with Gasteiger partial charge in [0.2, 0.25) is 5.69 Å². The normalized spacial score (nSPS) is 13.1. The van der Waals surface area contributed by atoms with E-state index < -0.39 is 0 Å². The molecule has 0 N–H and O–H groups in total. The van der Waals surface area contributed by atoms with E-state index in [0.29, 0.717) is 0 Å². The lowest BCUT2D eigenvalue weighted by molar-refractivity contribution is -0.659. The van der Waals surface area contributed by atoms with Crippen molar-refractivity contribution in [2.24, 2.45) is 12.5 Å². The van der Waals surface area contributed by atoms with E-state index in [9.17, 15) is 4.39 Å². The van der Waals surface area contributed by atoms with Crippen LogP contribution in [0.4, 0.5) is 4.39 Å². The van der Waals surface area contributed by atoms with E-state index >= 15 is 0 Å². The number of benzene rings is 4. The van der Waals surface area contributed by atoms with Crippen molar-refractivity contribution in [1.29, 1.82) is 0 Å². The lowest BCUT2D eigenvalue weighted by atomic mass is 9.82. The molecule has 0 unspecified atom stereocenters. The standard InChI is InChI=1S/C31H29FNS/c1-17-7-10-21-23(13-17)18(2)27-29-28-22(11-12-33(29)6)24-15-20(32)9-8-19(24)14-26(28)34-30(27)25(21)16-31(3,4)5/h7-15H,16H2,1-6H3/q+1. The predicted molar refractivity (Wildman–Crippen MR) is 142 cm³/mol. The van der Waals surface area contributed by atoms with E-state index in [-0.39, 0.29) is 11.2 Å². The van der Waals surface area contributed by atoms with Crippen molar-refractivity contribution in [3.63, 3.8) is 0 Å². The number of rotatable bonds is 1. The molecule has 1 aliphatic rings. The molecule has 6 rings (SSSR count). The molecular weight excluding hydrogens is 437 g/mol. The third-order valence-corrected chi connectivity index (χ3v) is 8.29. The molecule has 3 heteroatoms. The Morgan fingerprint density at radius 2 is 1.68 bits per heavy atom. The van der Waals surface area contributed by atoms with Crippen molar-refractivity contribution in [3.8, 4) is 11.3 Å². The summed E-state index contributed by atoms with van der Waals surface area (Å²) in [6.07, 6.45) is 3.14. The van der Waals surface area contributed by atoms with Gasteiger partial charge < -0.3 is 0 Å². The van der Waals surface area contributed by atoms with Crippen LogP contribution in [-0.4, -0.2) is 0 Å². The highest BCUT2D eigenvalue weighted by Gasteiger charge is 2.33. The molecule has 0 radical (unpaired) electrons. The second-order valence-electron chi connectivity index (χ2n) is 11.0. The van der Waals surface area contributed by atoms with Crippen molar-refractivity contribution in [3.05, 3.63) is 77.2 Å². The molecule has 0 atom stereocenters.